The number of rotatable bonds is 3. The van der Waals surface area contributed by atoms with Crippen LogP contribution >= 0.6 is 0 Å². The van der Waals surface area contributed by atoms with Crippen molar-refractivity contribution < 1.29 is 9.84 Å². The second-order valence-electron chi connectivity index (χ2n) is 7.19. The summed E-state index contributed by atoms with van der Waals surface area (Å²) in [5.74, 6) is 2.75. The van der Waals surface area contributed by atoms with Crippen molar-refractivity contribution in [2.45, 2.75) is 32.4 Å². The van der Waals surface area contributed by atoms with Crippen molar-refractivity contribution in [3.8, 4) is 5.75 Å². The standard InChI is InChI=1S/C20H26N4O2/c1-14-21-18-13-26-19-6-4-3-5-15(19)11-17(18)20(22-14)24-9-8-23(2)16(12-24)7-10-25/h3-6,16,25H,7-13H2,1-2H3/t16-/m0/s1. The van der Waals surface area contributed by atoms with Gasteiger partial charge in [-0.15, -0.1) is 0 Å². The summed E-state index contributed by atoms with van der Waals surface area (Å²) in [5.41, 5.74) is 3.34. The number of likely N-dealkylation sites (N-methyl/N-ethyl adjacent to an activating group) is 1. The van der Waals surface area contributed by atoms with Gasteiger partial charge in [0.05, 0.1) is 5.69 Å². The molecule has 1 N–H and O–H groups in total. The van der Waals surface area contributed by atoms with Crippen molar-refractivity contribution >= 4 is 5.82 Å². The summed E-state index contributed by atoms with van der Waals surface area (Å²) in [6, 6.07) is 8.54. The molecule has 0 amide bonds. The fraction of sp³-hybridized carbons (Fsp3) is 0.500. The average molecular weight is 354 g/mol. The molecule has 1 aromatic carbocycles. The fourth-order valence-corrected chi connectivity index (χ4v) is 3.93. The second kappa shape index (κ2) is 7.21. The molecule has 0 aliphatic carbocycles. The molecule has 1 fully saturated rings. The van der Waals surface area contributed by atoms with Gasteiger partial charge in [0.2, 0.25) is 0 Å². The number of hydrogen-bond acceptors (Lipinski definition) is 6. The Balaban J connectivity index is 1.71. The molecule has 6 nitrogen and oxygen atoms in total. The molecule has 0 bridgehead atoms. The number of aliphatic hydroxyl groups excluding tert-OH is 1. The molecule has 6 heteroatoms. The van der Waals surface area contributed by atoms with E-state index in [0.717, 1.165) is 55.6 Å². The van der Waals surface area contributed by atoms with E-state index in [1.54, 1.807) is 0 Å². The van der Waals surface area contributed by atoms with Crippen LogP contribution in [0.2, 0.25) is 0 Å². The molecular weight excluding hydrogens is 328 g/mol. The number of ether oxygens (including phenoxy) is 1. The smallest absolute Gasteiger partial charge is 0.136 e. The van der Waals surface area contributed by atoms with E-state index in [0.29, 0.717) is 12.6 Å². The predicted molar refractivity (Wildman–Crippen MR) is 101 cm³/mol. The highest BCUT2D eigenvalue weighted by molar-refractivity contribution is 5.54. The number of nitrogens with zero attached hydrogens (tertiary/aromatic N) is 4. The van der Waals surface area contributed by atoms with Gasteiger partial charge in [-0.3, -0.25) is 4.90 Å². The summed E-state index contributed by atoms with van der Waals surface area (Å²) >= 11 is 0. The Labute approximate surface area is 154 Å². The molecule has 4 rings (SSSR count). The third kappa shape index (κ3) is 3.27. The maximum Gasteiger partial charge on any atom is 0.136 e. The predicted octanol–water partition coefficient (Wildman–Crippen LogP) is 1.77. The van der Waals surface area contributed by atoms with E-state index >= 15 is 0 Å². The largest absolute Gasteiger partial charge is 0.487 e. The van der Waals surface area contributed by atoms with Crippen molar-refractivity contribution in [3.63, 3.8) is 0 Å². The van der Waals surface area contributed by atoms with E-state index in [4.69, 9.17) is 9.72 Å². The lowest BCUT2D eigenvalue weighted by molar-refractivity contribution is 0.170. The Hall–Kier alpha value is -2.18. The summed E-state index contributed by atoms with van der Waals surface area (Å²) < 4.78 is 6.00. The van der Waals surface area contributed by atoms with Crippen LogP contribution < -0.4 is 9.64 Å². The van der Waals surface area contributed by atoms with Crippen LogP contribution in [0.3, 0.4) is 0 Å². The van der Waals surface area contributed by atoms with E-state index < -0.39 is 0 Å². The van der Waals surface area contributed by atoms with Crippen LogP contribution in [0.4, 0.5) is 5.82 Å². The molecule has 0 spiro atoms. The lowest BCUT2D eigenvalue weighted by Crippen LogP contribution is -2.52. The van der Waals surface area contributed by atoms with Gasteiger partial charge in [-0.05, 0) is 32.0 Å². The Kier molecular flexibility index (Phi) is 4.78. The first kappa shape index (κ1) is 17.2. The molecule has 2 aromatic rings. The van der Waals surface area contributed by atoms with Crippen LogP contribution in [0.1, 0.15) is 29.1 Å². The van der Waals surface area contributed by atoms with Gasteiger partial charge < -0.3 is 14.7 Å². The minimum absolute atomic E-state index is 0.213. The third-order valence-electron chi connectivity index (χ3n) is 5.43. The summed E-state index contributed by atoms with van der Waals surface area (Å²) in [4.78, 5) is 14.2. The van der Waals surface area contributed by atoms with Crippen LogP contribution in [-0.2, 0) is 13.0 Å². The van der Waals surface area contributed by atoms with Crippen LogP contribution in [0.25, 0.3) is 0 Å². The molecule has 3 heterocycles. The average Bonchev–Trinajstić information content (AvgIpc) is 2.82. The van der Waals surface area contributed by atoms with Gasteiger partial charge in [0.25, 0.3) is 0 Å². The second-order valence-corrected chi connectivity index (χ2v) is 7.19. The molecular formula is C20H26N4O2. The molecule has 26 heavy (non-hydrogen) atoms. The summed E-state index contributed by atoms with van der Waals surface area (Å²) in [6.07, 6.45) is 1.57. The number of fused-ring (bicyclic) bond motifs is 2. The Morgan fingerprint density at radius 1 is 1.23 bits per heavy atom. The van der Waals surface area contributed by atoms with Crippen molar-refractivity contribution in [3.05, 3.63) is 46.9 Å². The minimum atomic E-state index is 0.213. The highest BCUT2D eigenvalue weighted by Gasteiger charge is 2.28. The number of benzene rings is 1. The number of aromatic nitrogens is 2. The summed E-state index contributed by atoms with van der Waals surface area (Å²) in [5, 5.41) is 9.39. The molecule has 2 aliphatic heterocycles. The van der Waals surface area contributed by atoms with Crippen LogP contribution in [0.15, 0.2) is 24.3 Å². The molecule has 1 aromatic heterocycles. The van der Waals surface area contributed by atoms with Gasteiger partial charge >= 0.3 is 0 Å². The van der Waals surface area contributed by atoms with E-state index in [2.05, 4.69) is 34.0 Å². The van der Waals surface area contributed by atoms with Crippen molar-refractivity contribution in [2.75, 3.05) is 38.2 Å². The lowest BCUT2D eigenvalue weighted by Gasteiger charge is -2.40. The van der Waals surface area contributed by atoms with Crippen LogP contribution in [0.5, 0.6) is 5.75 Å². The molecule has 0 saturated carbocycles. The Morgan fingerprint density at radius 2 is 2.08 bits per heavy atom. The molecule has 1 atom stereocenters. The maximum atomic E-state index is 9.39. The van der Waals surface area contributed by atoms with E-state index in [-0.39, 0.29) is 6.61 Å². The number of piperazine rings is 1. The number of anilines is 1. The first-order valence-corrected chi connectivity index (χ1v) is 9.29. The maximum absolute atomic E-state index is 9.39. The normalized spacial score (nSPS) is 20.1. The molecule has 2 aliphatic rings. The first-order chi connectivity index (χ1) is 12.7. The van der Waals surface area contributed by atoms with Crippen LogP contribution in [0, 0.1) is 6.92 Å². The highest BCUT2D eigenvalue weighted by Crippen LogP contribution is 2.32. The monoisotopic (exact) mass is 354 g/mol. The van der Waals surface area contributed by atoms with Gasteiger partial charge in [-0.2, -0.15) is 0 Å². The molecule has 0 unspecified atom stereocenters. The zero-order valence-corrected chi connectivity index (χ0v) is 15.5. The van der Waals surface area contributed by atoms with Gasteiger partial charge in [-0.1, -0.05) is 18.2 Å². The lowest BCUT2D eigenvalue weighted by atomic mass is 10.0. The Morgan fingerprint density at radius 3 is 2.92 bits per heavy atom. The zero-order chi connectivity index (χ0) is 18.1. The summed E-state index contributed by atoms with van der Waals surface area (Å²) in [6.45, 7) is 5.42. The number of hydrogen-bond donors (Lipinski definition) is 1. The van der Waals surface area contributed by atoms with Crippen molar-refractivity contribution in [1.29, 1.82) is 0 Å². The van der Waals surface area contributed by atoms with Crippen molar-refractivity contribution in [2.24, 2.45) is 0 Å². The molecule has 138 valence electrons. The summed E-state index contributed by atoms with van der Waals surface area (Å²) in [7, 11) is 2.13. The molecule has 0 radical (unpaired) electrons. The zero-order valence-electron chi connectivity index (χ0n) is 15.5. The van der Waals surface area contributed by atoms with Gasteiger partial charge in [-0.25, -0.2) is 9.97 Å². The van der Waals surface area contributed by atoms with E-state index in [1.165, 1.54) is 11.1 Å². The Bertz CT molecular complexity index is 795. The SMILES string of the molecule is Cc1nc2c(c(N3CCN(C)[C@@H](CCO)C3)n1)Cc1ccccc1OC2. The molecule has 1 saturated heterocycles. The van der Waals surface area contributed by atoms with Gasteiger partial charge in [0.1, 0.15) is 24.0 Å². The number of para-hydroxylation sites is 1. The highest BCUT2D eigenvalue weighted by atomic mass is 16.5. The van der Waals surface area contributed by atoms with E-state index in [1.807, 2.05) is 19.1 Å². The van der Waals surface area contributed by atoms with Crippen molar-refractivity contribution in [1.82, 2.24) is 14.9 Å². The number of aryl methyl sites for hydroxylation is 1. The van der Waals surface area contributed by atoms with Crippen LogP contribution in [-0.4, -0.2) is 59.3 Å². The number of aliphatic hydroxyl groups is 1. The quantitative estimate of drug-likeness (QED) is 0.906. The third-order valence-corrected chi connectivity index (χ3v) is 5.43. The first-order valence-electron chi connectivity index (χ1n) is 9.29. The van der Waals surface area contributed by atoms with Gasteiger partial charge in [0.15, 0.2) is 0 Å². The topological polar surface area (TPSA) is 61.7 Å². The van der Waals surface area contributed by atoms with E-state index in [9.17, 15) is 5.11 Å². The van der Waals surface area contributed by atoms with Gasteiger partial charge in [0, 0.05) is 44.3 Å². The minimum Gasteiger partial charge on any atom is -0.487 e. The fourth-order valence-electron chi connectivity index (χ4n) is 3.93.